The van der Waals surface area contributed by atoms with E-state index < -0.39 is 0 Å². The molecule has 4 rings (SSSR count). The van der Waals surface area contributed by atoms with E-state index >= 15 is 0 Å². The van der Waals surface area contributed by atoms with E-state index in [4.69, 9.17) is 9.47 Å². The van der Waals surface area contributed by atoms with Crippen LogP contribution in [0.4, 0.5) is 0 Å². The second-order valence-corrected chi connectivity index (χ2v) is 7.24. The summed E-state index contributed by atoms with van der Waals surface area (Å²) in [6.45, 7) is 0.838. The summed E-state index contributed by atoms with van der Waals surface area (Å²) in [6.07, 6.45) is 1.73. The lowest BCUT2D eigenvalue weighted by Crippen LogP contribution is -2.28. The summed E-state index contributed by atoms with van der Waals surface area (Å²) >= 11 is 1.52. The van der Waals surface area contributed by atoms with E-state index in [1.54, 1.807) is 25.4 Å². The van der Waals surface area contributed by atoms with Crippen molar-refractivity contribution in [3.8, 4) is 22.2 Å². The van der Waals surface area contributed by atoms with Gasteiger partial charge in [-0.2, -0.15) is 0 Å². The lowest BCUT2D eigenvalue weighted by molar-refractivity contribution is 0.0947. The highest BCUT2D eigenvalue weighted by molar-refractivity contribution is 7.21. The van der Waals surface area contributed by atoms with E-state index in [2.05, 4.69) is 15.3 Å². The summed E-state index contributed by atoms with van der Waals surface area (Å²) in [5, 5.41) is 3.73. The number of rotatable bonds is 7. The Morgan fingerprint density at radius 1 is 1.10 bits per heavy atom. The van der Waals surface area contributed by atoms with Crippen molar-refractivity contribution in [3.63, 3.8) is 0 Å². The molecule has 0 spiro atoms. The standard InChI is InChI=1S/C22H19N3O3S/c1-27-20-10-8-16(14-24-20)22-25-18-9-7-15(13-19(18)29-22)21(26)23-11-12-28-17-5-3-2-4-6-17/h2-10,13-14H,11-12H2,1H3,(H,23,26). The largest absolute Gasteiger partial charge is 0.492 e. The summed E-state index contributed by atoms with van der Waals surface area (Å²) in [5.41, 5.74) is 2.36. The third-order valence-electron chi connectivity index (χ3n) is 4.24. The van der Waals surface area contributed by atoms with E-state index in [1.165, 1.54) is 11.3 Å². The number of amides is 1. The molecule has 7 heteroatoms. The van der Waals surface area contributed by atoms with Crippen LogP contribution in [-0.2, 0) is 0 Å². The highest BCUT2D eigenvalue weighted by Crippen LogP contribution is 2.31. The van der Waals surface area contributed by atoms with Crippen molar-refractivity contribution in [2.45, 2.75) is 0 Å². The smallest absolute Gasteiger partial charge is 0.251 e. The number of hydrogen-bond donors (Lipinski definition) is 1. The lowest BCUT2D eigenvalue weighted by atomic mass is 10.2. The summed E-state index contributed by atoms with van der Waals surface area (Å²) in [5.74, 6) is 1.21. The van der Waals surface area contributed by atoms with Gasteiger partial charge in [-0.25, -0.2) is 9.97 Å². The Bertz CT molecular complexity index is 1110. The van der Waals surface area contributed by atoms with Crippen molar-refractivity contribution in [3.05, 3.63) is 72.4 Å². The van der Waals surface area contributed by atoms with Crippen molar-refractivity contribution >= 4 is 27.5 Å². The minimum absolute atomic E-state index is 0.135. The average molecular weight is 405 g/mol. The van der Waals surface area contributed by atoms with Gasteiger partial charge in [0.1, 0.15) is 17.4 Å². The second kappa shape index (κ2) is 8.70. The van der Waals surface area contributed by atoms with Crippen LogP contribution in [0.1, 0.15) is 10.4 Å². The molecule has 0 aliphatic heterocycles. The SMILES string of the molecule is COc1ccc(-c2nc3ccc(C(=O)NCCOc4ccccc4)cc3s2)cn1. The maximum absolute atomic E-state index is 12.4. The predicted octanol–water partition coefficient (Wildman–Crippen LogP) is 4.18. The van der Waals surface area contributed by atoms with Crippen molar-refractivity contribution < 1.29 is 14.3 Å². The van der Waals surface area contributed by atoms with E-state index in [0.29, 0.717) is 24.6 Å². The molecule has 1 amide bonds. The van der Waals surface area contributed by atoms with Crippen LogP contribution in [0.5, 0.6) is 11.6 Å². The van der Waals surface area contributed by atoms with Gasteiger partial charge in [0.15, 0.2) is 0 Å². The molecule has 0 aliphatic carbocycles. The first-order chi connectivity index (χ1) is 14.2. The Morgan fingerprint density at radius 2 is 1.97 bits per heavy atom. The van der Waals surface area contributed by atoms with Gasteiger partial charge in [-0.05, 0) is 36.4 Å². The molecule has 2 aromatic heterocycles. The highest BCUT2D eigenvalue weighted by atomic mass is 32.1. The van der Waals surface area contributed by atoms with Crippen molar-refractivity contribution in [1.82, 2.24) is 15.3 Å². The molecular weight excluding hydrogens is 386 g/mol. The van der Waals surface area contributed by atoms with Crippen LogP contribution >= 0.6 is 11.3 Å². The van der Waals surface area contributed by atoms with Gasteiger partial charge in [-0.3, -0.25) is 4.79 Å². The zero-order valence-electron chi connectivity index (χ0n) is 15.8. The number of nitrogens with zero attached hydrogens (tertiary/aromatic N) is 2. The Morgan fingerprint density at radius 3 is 2.72 bits per heavy atom. The maximum Gasteiger partial charge on any atom is 0.251 e. The van der Waals surface area contributed by atoms with Crippen LogP contribution in [0.3, 0.4) is 0 Å². The van der Waals surface area contributed by atoms with Crippen molar-refractivity contribution in [2.75, 3.05) is 20.3 Å². The summed E-state index contributed by atoms with van der Waals surface area (Å²) in [4.78, 5) is 21.3. The van der Waals surface area contributed by atoms with Gasteiger partial charge >= 0.3 is 0 Å². The summed E-state index contributed by atoms with van der Waals surface area (Å²) in [6, 6.07) is 18.8. The fourth-order valence-corrected chi connectivity index (χ4v) is 3.76. The molecule has 0 aliphatic rings. The highest BCUT2D eigenvalue weighted by Gasteiger charge is 2.11. The number of para-hydroxylation sites is 1. The minimum Gasteiger partial charge on any atom is -0.492 e. The van der Waals surface area contributed by atoms with Gasteiger partial charge in [0.2, 0.25) is 5.88 Å². The first-order valence-corrected chi connectivity index (χ1v) is 9.91. The zero-order chi connectivity index (χ0) is 20.1. The van der Waals surface area contributed by atoms with Gasteiger partial charge in [0.25, 0.3) is 5.91 Å². The fraction of sp³-hybridized carbons (Fsp3) is 0.136. The minimum atomic E-state index is -0.135. The number of carbonyl (C=O) groups is 1. The van der Waals surface area contributed by atoms with Gasteiger partial charge in [-0.1, -0.05) is 18.2 Å². The van der Waals surface area contributed by atoms with Crippen LogP contribution in [0.15, 0.2) is 66.9 Å². The monoisotopic (exact) mass is 405 g/mol. The number of hydrogen-bond acceptors (Lipinski definition) is 6. The third kappa shape index (κ3) is 4.52. The molecule has 0 fully saturated rings. The topological polar surface area (TPSA) is 73.3 Å². The molecule has 0 saturated heterocycles. The molecule has 0 bridgehead atoms. The Hall–Kier alpha value is -3.45. The molecule has 2 heterocycles. The molecule has 0 unspecified atom stereocenters. The van der Waals surface area contributed by atoms with Crippen molar-refractivity contribution in [2.24, 2.45) is 0 Å². The van der Waals surface area contributed by atoms with Crippen molar-refractivity contribution in [1.29, 1.82) is 0 Å². The Kier molecular flexibility index (Phi) is 5.67. The average Bonchev–Trinajstić information content (AvgIpc) is 3.21. The molecule has 0 radical (unpaired) electrons. The molecule has 0 saturated carbocycles. The quantitative estimate of drug-likeness (QED) is 0.467. The predicted molar refractivity (Wildman–Crippen MR) is 114 cm³/mol. The molecule has 6 nitrogen and oxygen atoms in total. The normalized spacial score (nSPS) is 10.7. The van der Waals surface area contributed by atoms with E-state index in [-0.39, 0.29) is 5.91 Å². The second-order valence-electron chi connectivity index (χ2n) is 6.21. The number of aromatic nitrogens is 2. The Balaban J connectivity index is 1.40. The molecule has 29 heavy (non-hydrogen) atoms. The summed E-state index contributed by atoms with van der Waals surface area (Å²) < 4.78 is 11.6. The number of thiazole rings is 1. The van der Waals surface area contributed by atoms with Crippen LogP contribution in [0.25, 0.3) is 20.8 Å². The van der Waals surface area contributed by atoms with Crippen LogP contribution < -0.4 is 14.8 Å². The molecule has 4 aromatic rings. The molecule has 2 aromatic carbocycles. The molecule has 0 atom stereocenters. The number of ether oxygens (including phenoxy) is 2. The molecule has 1 N–H and O–H groups in total. The van der Waals surface area contributed by atoms with E-state index in [9.17, 15) is 4.79 Å². The number of carbonyl (C=O) groups excluding carboxylic acids is 1. The van der Waals surface area contributed by atoms with Gasteiger partial charge < -0.3 is 14.8 Å². The molecule has 146 valence electrons. The van der Waals surface area contributed by atoms with Gasteiger partial charge in [0.05, 0.1) is 23.9 Å². The van der Waals surface area contributed by atoms with E-state index in [1.807, 2.05) is 48.5 Å². The maximum atomic E-state index is 12.4. The lowest BCUT2D eigenvalue weighted by Gasteiger charge is -2.07. The van der Waals surface area contributed by atoms with Crippen LogP contribution in [0.2, 0.25) is 0 Å². The summed E-state index contributed by atoms with van der Waals surface area (Å²) in [7, 11) is 1.58. The zero-order valence-corrected chi connectivity index (χ0v) is 16.6. The van der Waals surface area contributed by atoms with Gasteiger partial charge in [-0.15, -0.1) is 11.3 Å². The number of fused-ring (bicyclic) bond motifs is 1. The fourth-order valence-electron chi connectivity index (χ4n) is 2.77. The van der Waals surface area contributed by atoms with Crippen LogP contribution in [-0.4, -0.2) is 36.1 Å². The van der Waals surface area contributed by atoms with E-state index in [0.717, 1.165) is 26.5 Å². The van der Waals surface area contributed by atoms with Crippen LogP contribution in [0, 0.1) is 0 Å². The number of nitrogens with one attached hydrogen (secondary N) is 1. The Labute approximate surface area is 172 Å². The van der Waals surface area contributed by atoms with Gasteiger partial charge in [0, 0.05) is 23.4 Å². The number of methoxy groups -OCH3 is 1. The third-order valence-corrected chi connectivity index (χ3v) is 5.31. The first kappa shape index (κ1) is 18.9. The number of pyridine rings is 1. The number of benzene rings is 2. The first-order valence-electron chi connectivity index (χ1n) is 9.10. The molecular formula is C22H19N3O3S.